The maximum Gasteiger partial charge on any atom is 0.336 e. The molecule has 0 saturated heterocycles. The van der Waals surface area contributed by atoms with E-state index in [0.29, 0.717) is 5.56 Å². The zero-order valence-electron chi connectivity index (χ0n) is 9.50. The summed E-state index contributed by atoms with van der Waals surface area (Å²) in [5, 5.41) is 10.2. The number of carboxylic acids is 1. The van der Waals surface area contributed by atoms with E-state index in [9.17, 15) is 4.79 Å². The number of hydrogen-bond donors (Lipinski definition) is 2. The summed E-state index contributed by atoms with van der Waals surface area (Å²) in [5.74, 6) is -0.869. The molecule has 2 rings (SSSR count). The number of nitrogens with one attached hydrogen (secondary N) is 1. The lowest BCUT2D eigenvalue weighted by Crippen LogP contribution is -1.99. The zero-order valence-corrected chi connectivity index (χ0v) is 9.50. The van der Waals surface area contributed by atoms with Crippen LogP contribution in [0.5, 0.6) is 0 Å². The first kappa shape index (κ1) is 10.7. The highest BCUT2D eigenvalue weighted by molar-refractivity contribution is 5.96. The Kier molecular flexibility index (Phi) is 2.69. The molecule has 0 atom stereocenters. The highest BCUT2D eigenvalue weighted by Gasteiger charge is 2.11. The van der Waals surface area contributed by atoms with Gasteiger partial charge in [-0.2, -0.15) is 0 Å². The molecule has 84 valence electrons. The van der Waals surface area contributed by atoms with Crippen LogP contribution in [0.1, 0.15) is 34.8 Å². The first-order valence-corrected chi connectivity index (χ1v) is 5.47. The standard InChI is InChI=1S/C13H15NO2/c1-3-4-9-7-14-12-6-10(13(15)16)8(2)5-11(9)12/h5-7,14H,3-4H2,1-2H3,(H,15,16). The molecule has 0 amide bonds. The second kappa shape index (κ2) is 4.00. The van der Waals surface area contributed by atoms with Gasteiger partial charge in [0.05, 0.1) is 5.56 Å². The summed E-state index contributed by atoms with van der Waals surface area (Å²) in [6, 6.07) is 3.67. The zero-order chi connectivity index (χ0) is 11.7. The average Bonchev–Trinajstić information content (AvgIpc) is 2.60. The number of rotatable bonds is 3. The highest BCUT2D eigenvalue weighted by Crippen LogP contribution is 2.23. The normalized spacial score (nSPS) is 10.9. The third kappa shape index (κ3) is 1.69. The molecule has 1 aromatic heterocycles. The van der Waals surface area contributed by atoms with E-state index in [1.807, 2.05) is 19.2 Å². The SMILES string of the molecule is CCCc1c[nH]c2cc(C(=O)O)c(C)cc12. The van der Waals surface area contributed by atoms with Crippen molar-refractivity contribution >= 4 is 16.9 Å². The molecule has 0 unspecified atom stereocenters. The summed E-state index contributed by atoms with van der Waals surface area (Å²) in [5.41, 5.74) is 3.36. The lowest BCUT2D eigenvalue weighted by molar-refractivity contribution is 0.0696. The van der Waals surface area contributed by atoms with Crippen molar-refractivity contribution in [2.24, 2.45) is 0 Å². The number of fused-ring (bicyclic) bond motifs is 1. The van der Waals surface area contributed by atoms with Crippen molar-refractivity contribution in [3.05, 3.63) is 35.0 Å². The molecule has 16 heavy (non-hydrogen) atoms. The summed E-state index contributed by atoms with van der Waals surface area (Å²) >= 11 is 0. The summed E-state index contributed by atoms with van der Waals surface area (Å²) in [4.78, 5) is 14.1. The Morgan fingerprint density at radius 1 is 1.44 bits per heavy atom. The van der Waals surface area contributed by atoms with Gasteiger partial charge in [-0.3, -0.25) is 0 Å². The number of aromatic carboxylic acids is 1. The van der Waals surface area contributed by atoms with Gasteiger partial charge in [0.2, 0.25) is 0 Å². The van der Waals surface area contributed by atoms with Crippen LogP contribution in [-0.2, 0) is 6.42 Å². The summed E-state index contributed by atoms with van der Waals surface area (Å²) in [7, 11) is 0. The van der Waals surface area contributed by atoms with Gasteiger partial charge in [0.25, 0.3) is 0 Å². The van der Waals surface area contributed by atoms with Crippen LogP contribution in [0.15, 0.2) is 18.3 Å². The quantitative estimate of drug-likeness (QED) is 0.829. The fourth-order valence-corrected chi connectivity index (χ4v) is 2.04. The van der Waals surface area contributed by atoms with E-state index >= 15 is 0 Å². The van der Waals surface area contributed by atoms with Crippen molar-refractivity contribution in [3.63, 3.8) is 0 Å². The van der Waals surface area contributed by atoms with E-state index < -0.39 is 5.97 Å². The number of aryl methyl sites for hydroxylation is 2. The van der Waals surface area contributed by atoms with Gasteiger partial charge in [0.15, 0.2) is 0 Å². The molecule has 2 aromatic rings. The summed E-state index contributed by atoms with van der Waals surface area (Å²) < 4.78 is 0. The van der Waals surface area contributed by atoms with Gasteiger partial charge in [-0.05, 0) is 36.6 Å². The second-order valence-corrected chi connectivity index (χ2v) is 4.08. The molecule has 0 aliphatic carbocycles. The van der Waals surface area contributed by atoms with Gasteiger partial charge in [-0.15, -0.1) is 0 Å². The maximum atomic E-state index is 11.0. The predicted molar refractivity (Wildman–Crippen MR) is 64.0 cm³/mol. The van der Waals surface area contributed by atoms with Crippen LogP contribution in [0.3, 0.4) is 0 Å². The molecule has 0 spiro atoms. The predicted octanol–water partition coefficient (Wildman–Crippen LogP) is 3.13. The number of H-pyrrole nitrogens is 1. The monoisotopic (exact) mass is 217 g/mol. The van der Waals surface area contributed by atoms with Gasteiger partial charge in [0.1, 0.15) is 0 Å². The third-order valence-corrected chi connectivity index (χ3v) is 2.86. The van der Waals surface area contributed by atoms with Crippen molar-refractivity contribution in [2.75, 3.05) is 0 Å². The van der Waals surface area contributed by atoms with Crippen molar-refractivity contribution in [3.8, 4) is 0 Å². The van der Waals surface area contributed by atoms with E-state index in [0.717, 1.165) is 29.3 Å². The van der Waals surface area contributed by atoms with Crippen molar-refractivity contribution < 1.29 is 9.90 Å². The molecular weight excluding hydrogens is 202 g/mol. The Labute approximate surface area is 94.1 Å². The van der Waals surface area contributed by atoms with E-state index in [4.69, 9.17) is 5.11 Å². The van der Waals surface area contributed by atoms with Crippen molar-refractivity contribution in [1.29, 1.82) is 0 Å². The van der Waals surface area contributed by atoms with E-state index in [-0.39, 0.29) is 0 Å². The van der Waals surface area contributed by atoms with Gasteiger partial charge in [-0.25, -0.2) is 4.79 Å². The minimum atomic E-state index is -0.869. The number of benzene rings is 1. The van der Waals surface area contributed by atoms with Crippen LogP contribution in [0.2, 0.25) is 0 Å². The largest absolute Gasteiger partial charge is 0.478 e. The molecule has 2 N–H and O–H groups in total. The minimum Gasteiger partial charge on any atom is -0.478 e. The second-order valence-electron chi connectivity index (χ2n) is 4.08. The first-order valence-electron chi connectivity index (χ1n) is 5.47. The Bertz CT molecular complexity index is 540. The molecule has 0 fully saturated rings. The molecule has 0 radical (unpaired) electrons. The number of carbonyl (C=O) groups is 1. The molecule has 0 saturated carbocycles. The van der Waals surface area contributed by atoms with Gasteiger partial charge >= 0.3 is 5.97 Å². The Morgan fingerprint density at radius 2 is 2.19 bits per heavy atom. The van der Waals surface area contributed by atoms with Crippen LogP contribution >= 0.6 is 0 Å². The van der Waals surface area contributed by atoms with Crippen LogP contribution < -0.4 is 0 Å². The lowest BCUT2D eigenvalue weighted by Gasteiger charge is -2.02. The smallest absolute Gasteiger partial charge is 0.336 e. The number of carboxylic acid groups (broad SMARTS) is 1. The summed E-state index contributed by atoms with van der Waals surface area (Å²) in [6.45, 7) is 3.98. The van der Waals surface area contributed by atoms with Crippen molar-refractivity contribution in [2.45, 2.75) is 26.7 Å². The average molecular weight is 217 g/mol. The molecule has 0 aliphatic heterocycles. The Hall–Kier alpha value is -1.77. The van der Waals surface area contributed by atoms with E-state index in [2.05, 4.69) is 11.9 Å². The van der Waals surface area contributed by atoms with Crippen LogP contribution in [-0.4, -0.2) is 16.1 Å². The maximum absolute atomic E-state index is 11.0. The van der Waals surface area contributed by atoms with E-state index in [1.54, 1.807) is 6.07 Å². The first-order chi connectivity index (χ1) is 7.63. The summed E-state index contributed by atoms with van der Waals surface area (Å²) in [6.07, 6.45) is 4.08. The molecule has 3 heteroatoms. The molecular formula is C13H15NO2. The Morgan fingerprint density at radius 3 is 2.81 bits per heavy atom. The van der Waals surface area contributed by atoms with Gasteiger partial charge in [-0.1, -0.05) is 13.3 Å². The van der Waals surface area contributed by atoms with Gasteiger partial charge < -0.3 is 10.1 Å². The van der Waals surface area contributed by atoms with Crippen molar-refractivity contribution in [1.82, 2.24) is 4.98 Å². The topological polar surface area (TPSA) is 53.1 Å². The number of aromatic amines is 1. The number of hydrogen-bond acceptors (Lipinski definition) is 1. The molecule has 1 aromatic carbocycles. The molecule has 3 nitrogen and oxygen atoms in total. The fourth-order valence-electron chi connectivity index (χ4n) is 2.04. The molecule has 0 bridgehead atoms. The fraction of sp³-hybridized carbons (Fsp3) is 0.308. The minimum absolute atomic E-state index is 0.373. The number of aromatic nitrogens is 1. The molecule has 1 heterocycles. The highest BCUT2D eigenvalue weighted by atomic mass is 16.4. The van der Waals surface area contributed by atoms with Crippen LogP contribution in [0, 0.1) is 6.92 Å². The third-order valence-electron chi connectivity index (χ3n) is 2.86. The van der Waals surface area contributed by atoms with Crippen LogP contribution in [0.4, 0.5) is 0 Å². The van der Waals surface area contributed by atoms with E-state index in [1.165, 1.54) is 5.56 Å². The van der Waals surface area contributed by atoms with Crippen LogP contribution in [0.25, 0.3) is 10.9 Å². The molecule has 0 aliphatic rings. The Balaban J connectivity index is 2.61. The lowest BCUT2D eigenvalue weighted by atomic mass is 10.0. The van der Waals surface area contributed by atoms with Gasteiger partial charge in [0, 0.05) is 17.1 Å².